The largest absolute Gasteiger partial charge is 0.459 e. The Kier molecular flexibility index (Phi) is 5.71. The first kappa shape index (κ1) is 18.6. The molecule has 0 spiro atoms. The second-order valence-electron chi connectivity index (χ2n) is 6.68. The molecule has 4 nitrogen and oxygen atoms in total. The molecule has 3 rings (SSSR count). The molecule has 6 heteroatoms. The SMILES string of the molecule is CC(C)OC(=O)c1c(NC(=O)c2ccc(F)cc2)sc2c1CCCCC2. The topological polar surface area (TPSA) is 55.4 Å². The standard InChI is InChI=1S/C20H22FNO3S/c1-12(2)25-20(24)17-15-6-4-3-5-7-16(15)26-19(17)22-18(23)13-8-10-14(21)11-9-13/h8-12H,3-7H2,1-2H3,(H,22,23). The van der Waals surface area contributed by atoms with E-state index in [0.29, 0.717) is 16.1 Å². The summed E-state index contributed by atoms with van der Waals surface area (Å²) >= 11 is 1.45. The molecule has 1 aliphatic carbocycles. The first-order valence-electron chi connectivity index (χ1n) is 8.88. The van der Waals surface area contributed by atoms with Crippen molar-refractivity contribution in [1.29, 1.82) is 0 Å². The van der Waals surface area contributed by atoms with E-state index in [0.717, 1.165) is 42.5 Å². The van der Waals surface area contributed by atoms with Crippen molar-refractivity contribution in [3.8, 4) is 0 Å². The third kappa shape index (κ3) is 4.12. The van der Waals surface area contributed by atoms with E-state index in [1.54, 1.807) is 13.8 Å². The van der Waals surface area contributed by atoms with Gasteiger partial charge in [0, 0.05) is 10.4 Å². The molecule has 2 aromatic rings. The van der Waals surface area contributed by atoms with E-state index < -0.39 is 11.8 Å². The number of amides is 1. The van der Waals surface area contributed by atoms with Gasteiger partial charge in [-0.2, -0.15) is 0 Å². The van der Waals surface area contributed by atoms with Crippen LogP contribution in [-0.4, -0.2) is 18.0 Å². The number of aryl methyl sites for hydroxylation is 1. The number of anilines is 1. The molecule has 0 atom stereocenters. The summed E-state index contributed by atoms with van der Waals surface area (Å²) in [4.78, 5) is 26.3. The van der Waals surface area contributed by atoms with Gasteiger partial charge in [-0.05, 0) is 69.4 Å². The lowest BCUT2D eigenvalue weighted by atomic mass is 10.1. The number of ether oxygens (including phenoxy) is 1. The van der Waals surface area contributed by atoms with Crippen molar-refractivity contribution in [2.24, 2.45) is 0 Å². The molecule has 26 heavy (non-hydrogen) atoms. The van der Waals surface area contributed by atoms with Crippen LogP contribution in [0, 0.1) is 5.82 Å². The molecular weight excluding hydrogens is 353 g/mol. The molecular formula is C20H22FNO3S. The Balaban J connectivity index is 1.93. The number of hydrogen-bond donors (Lipinski definition) is 1. The summed E-state index contributed by atoms with van der Waals surface area (Å²) in [7, 11) is 0. The van der Waals surface area contributed by atoms with Crippen LogP contribution in [0.4, 0.5) is 9.39 Å². The first-order chi connectivity index (χ1) is 12.5. The highest BCUT2D eigenvalue weighted by atomic mass is 32.1. The van der Waals surface area contributed by atoms with Gasteiger partial charge in [-0.3, -0.25) is 4.79 Å². The summed E-state index contributed by atoms with van der Waals surface area (Å²) in [6.07, 6.45) is 4.74. The summed E-state index contributed by atoms with van der Waals surface area (Å²) < 4.78 is 18.5. The van der Waals surface area contributed by atoms with Gasteiger partial charge in [0.2, 0.25) is 0 Å². The van der Waals surface area contributed by atoms with Crippen LogP contribution in [0.2, 0.25) is 0 Å². The number of hydrogen-bond acceptors (Lipinski definition) is 4. The Bertz CT molecular complexity index is 811. The van der Waals surface area contributed by atoms with Gasteiger partial charge < -0.3 is 10.1 Å². The number of esters is 1. The van der Waals surface area contributed by atoms with Crippen molar-refractivity contribution in [3.05, 3.63) is 51.7 Å². The molecule has 0 radical (unpaired) electrons. The fraction of sp³-hybridized carbons (Fsp3) is 0.400. The number of carbonyl (C=O) groups is 2. The lowest BCUT2D eigenvalue weighted by molar-refractivity contribution is 0.0378. The van der Waals surface area contributed by atoms with Crippen LogP contribution in [0.5, 0.6) is 0 Å². The number of halogens is 1. The minimum Gasteiger partial charge on any atom is -0.459 e. The van der Waals surface area contributed by atoms with Crippen LogP contribution >= 0.6 is 11.3 Å². The van der Waals surface area contributed by atoms with E-state index in [1.165, 1.54) is 35.6 Å². The van der Waals surface area contributed by atoms with Crippen molar-refractivity contribution < 1.29 is 18.7 Å². The van der Waals surface area contributed by atoms with Gasteiger partial charge in [-0.25, -0.2) is 9.18 Å². The van der Waals surface area contributed by atoms with Crippen molar-refractivity contribution in [1.82, 2.24) is 0 Å². The smallest absolute Gasteiger partial charge is 0.341 e. The van der Waals surface area contributed by atoms with Crippen molar-refractivity contribution in [2.75, 3.05) is 5.32 Å². The van der Waals surface area contributed by atoms with Crippen molar-refractivity contribution in [3.63, 3.8) is 0 Å². The van der Waals surface area contributed by atoms with Gasteiger partial charge in [0.1, 0.15) is 10.8 Å². The van der Waals surface area contributed by atoms with Crippen LogP contribution in [0.1, 0.15) is 64.3 Å². The molecule has 138 valence electrons. The highest BCUT2D eigenvalue weighted by Crippen LogP contribution is 2.38. The van der Waals surface area contributed by atoms with E-state index in [4.69, 9.17) is 4.74 Å². The maximum absolute atomic E-state index is 13.1. The summed E-state index contributed by atoms with van der Waals surface area (Å²) in [5.41, 5.74) is 1.83. The van der Waals surface area contributed by atoms with Crippen LogP contribution < -0.4 is 5.32 Å². The third-order valence-corrected chi connectivity index (χ3v) is 5.51. The van der Waals surface area contributed by atoms with Gasteiger partial charge in [-0.1, -0.05) is 6.42 Å². The number of fused-ring (bicyclic) bond motifs is 1. The van der Waals surface area contributed by atoms with E-state index >= 15 is 0 Å². The molecule has 0 saturated heterocycles. The minimum absolute atomic E-state index is 0.232. The minimum atomic E-state index is -0.398. The quantitative estimate of drug-likeness (QED) is 0.606. The number of benzene rings is 1. The molecule has 0 bridgehead atoms. The average Bonchev–Trinajstić information content (AvgIpc) is 2.76. The number of carbonyl (C=O) groups excluding carboxylic acids is 2. The number of nitrogens with one attached hydrogen (secondary N) is 1. The third-order valence-electron chi connectivity index (χ3n) is 4.30. The molecule has 0 unspecified atom stereocenters. The molecule has 1 heterocycles. The summed E-state index contributed by atoms with van der Waals surface area (Å²) in [5.74, 6) is -1.15. The maximum Gasteiger partial charge on any atom is 0.341 e. The fourth-order valence-electron chi connectivity index (χ4n) is 3.10. The summed E-state index contributed by atoms with van der Waals surface area (Å²) in [5, 5.41) is 3.36. The lowest BCUT2D eigenvalue weighted by Gasteiger charge is -2.11. The van der Waals surface area contributed by atoms with Crippen LogP contribution in [0.3, 0.4) is 0 Å². The number of thiophene rings is 1. The monoisotopic (exact) mass is 375 g/mol. The number of rotatable bonds is 4. The Morgan fingerprint density at radius 2 is 1.81 bits per heavy atom. The van der Waals surface area contributed by atoms with Gasteiger partial charge >= 0.3 is 5.97 Å². The highest BCUT2D eigenvalue weighted by molar-refractivity contribution is 7.17. The average molecular weight is 375 g/mol. The first-order valence-corrected chi connectivity index (χ1v) is 9.69. The predicted octanol–water partition coefficient (Wildman–Crippen LogP) is 4.97. The van der Waals surface area contributed by atoms with Crippen LogP contribution in [-0.2, 0) is 17.6 Å². The second kappa shape index (κ2) is 7.99. The predicted molar refractivity (Wildman–Crippen MR) is 100 cm³/mol. The molecule has 1 N–H and O–H groups in total. The molecule has 1 aromatic carbocycles. The van der Waals surface area contributed by atoms with Crippen molar-refractivity contribution >= 4 is 28.2 Å². The zero-order chi connectivity index (χ0) is 18.7. The fourth-order valence-corrected chi connectivity index (χ4v) is 4.37. The van der Waals surface area contributed by atoms with Crippen LogP contribution in [0.15, 0.2) is 24.3 Å². The van der Waals surface area contributed by atoms with Crippen molar-refractivity contribution in [2.45, 2.75) is 52.1 Å². The molecule has 1 amide bonds. The lowest BCUT2D eigenvalue weighted by Crippen LogP contribution is -2.17. The normalized spacial score (nSPS) is 13.8. The molecule has 1 aliphatic rings. The zero-order valence-electron chi connectivity index (χ0n) is 14.9. The molecule has 0 fully saturated rings. The van der Waals surface area contributed by atoms with E-state index in [9.17, 15) is 14.0 Å². The molecule has 0 saturated carbocycles. The van der Waals surface area contributed by atoms with Crippen LogP contribution in [0.25, 0.3) is 0 Å². The Morgan fingerprint density at radius 1 is 1.12 bits per heavy atom. The van der Waals surface area contributed by atoms with Gasteiger partial charge in [0.15, 0.2) is 0 Å². The van der Waals surface area contributed by atoms with E-state index in [-0.39, 0.29) is 12.0 Å². The van der Waals surface area contributed by atoms with E-state index in [1.807, 2.05) is 0 Å². The molecule has 1 aromatic heterocycles. The Labute approximate surface area is 156 Å². The second-order valence-corrected chi connectivity index (χ2v) is 7.79. The van der Waals surface area contributed by atoms with Gasteiger partial charge in [-0.15, -0.1) is 11.3 Å². The molecule has 0 aliphatic heterocycles. The van der Waals surface area contributed by atoms with Gasteiger partial charge in [0.05, 0.1) is 11.7 Å². The van der Waals surface area contributed by atoms with Gasteiger partial charge in [0.25, 0.3) is 5.91 Å². The Morgan fingerprint density at radius 3 is 2.50 bits per heavy atom. The summed E-state index contributed by atoms with van der Waals surface area (Å²) in [6.45, 7) is 3.61. The maximum atomic E-state index is 13.1. The Hall–Kier alpha value is -2.21. The zero-order valence-corrected chi connectivity index (χ0v) is 15.7. The van der Waals surface area contributed by atoms with E-state index in [2.05, 4.69) is 5.32 Å². The summed E-state index contributed by atoms with van der Waals surface area (Å²) in [6, 6.07) is 5.34. The highest BCUT2D eigenvalue weighted by Gasteiger charge is 2.27.